The Kier molecular flexibility index (Phi) is 5.20. The number of alkyl halides is 3. The molecule has 0 aromatic carbocycles. The highest BCUT2D eigenvalue weighted by atomic mass is 19.4. The fraction of sp³-hybridized carbons (Fsp3) is 0.900. The largest absolute Gasteiger partial charge is 0.390 e. The summed E-state index contributed by atoms with van der Waals surface area (Å²) < 4.78 is 36.4. The molecule has 100 valence electrons. The maximum absolute atomic E-state index is 12.1. The van der Waals surface area contributed by atoms with Gasteiger partial charge < -0.3 is 10.6 Å². The van der Waals surface area contributed by atoms with Crippen LogP contribution in [0, 0.1) is 0 Å². The summed E-state index contributed by atoms with van der Waals surface area (Å²) in [5.41, 5.74) is 0. The molecule has 0 saturated carbocycles. The van der Waals surface area contributed by atoms with Gasteiger partial charge in [0, 0.05) is 32.7 Å². The fourth-order valence-electron chi connectivity index (χ4n) is 1.83. The number of rotatable bonds is 4. The summed E-state index contributed by atoms with van der Waals surface area (Å²) in [5.74, 6) is -0.207. The number of nitrogens with one attached hydrogen (secondary N) is 2. The van der Waals surface area contributed by atoms with Gasteiger partial charge in [0.05, 0.1) is 6.42 Å². The van der Waals surface area contributed by atoms with Gasteiger partial charge in [-0.1, -0.05) is 0 Å². The molecule has 1 heterocycles. The van der Waals surface area contributed by atoms with Crippen LogP contribution in [-0.2, 0) is 4.79 Å². The number of piperazine rings is 1. The molecule has 1 aliphatic rings. The summed E-state index contributed by atoms with van der Waals surface area (Å²) in [5, 5.41) is 5.66. The van der Waals surface area contributed by atoms with Crippen molar-refractivity contribution in [3.05, 3.63) is 0 Å². The van der Waals surface area contributed by atoms with E-state index in [-0.39, 0.29) is 12.5 Å². The average molecular weight is 253 g/mol. The summed E-state index contributed by atoms with van der Waals surface area (Å²) in [4.78, 5) is 13.3. The van der Waals surface area contributed by atoms with Crippen LogP contribution >= 0.6 is 0 Å². The lowest BCUT2D eigenvalue weighted by molar-refractivity contribution is -0.143. The minimum absolute atomic E-state index is 0.118. The monoisotopic (exact) mass is 253 g/mol. The summed E-state index contributed by atoms with van der Waals surface area (Å²) in [6.45, 7) is 3.65. The Morgan fingerprint density at radius 2 is 2.24 bits per heavy atom. The summed E-state index contributed by atoms with van der Waals surface area (Å²) in [6.07, 6.45) is -5.04. The van der Waals surface area contributed by atoms with Crippen molar-refractivity contribution >= 4 is 5.91 Å². The molecule has 0 aromatic heterocycles. The van der Waals surface area contributed by atoms with Crippen molar-refractivity contribution in [1.82, 2.24) is 15.5 Å². The molecule has 1 amide bonds. The van der Waals surface area contributed by atoms with Gasteiger partial charge in [-0.2, -0.15) is 13.2 Å². The first-order chi connectivity index (χ1) is 7.94. The molecule has 1 aliphatic heterocycles. The Bertz CT molecular complexity index is 258. The topological polar surface area (TPSA) is 44.4 Å². The lowest BCUT2D eigenvalue weighted by atomic mass is 10.1. The van der Waals surface area contributed by atoms with Crippen molar-refractivity contribution in [2.75, 3.05) is 32.7 Å². The number of hydrogen-bond donors (Lipinski definition) is 2. The lowest BCUT2D eigenvalue weighted by Gasteiger charge is -2.35. The number of hydrogen-bond acceptors (Lipinski definition) is 3. The maximum atomic E-state index is 12.1. The van der Waals surface area contributed by atoms with Crippen molar-refractivity contribution in [2.24, 2.45) is 0 Å². The van der Waals surface area contributed by atoms with Gasteiger partial charge in [-0.15, -0.1) is 0 Å². The van der Waals surface area contributed by atoms with Crippen LogP contribution in [0.4, 0.5) is 13.2 Å². The van der Waals surface area contributed by atoms with Gasteiger partial charge >= 0.3 is 6.18 Å². The molecule has 1 fully saturated rings. The van der Waals surface area contributed by atoms with Crippen molar-refractivity contribution in [1.29, 1.82) is 0 Å². The molecule has 0 aliphatic carbocycles. The number of carbonyl (C=O) groups is 1. The average Bonchev–Trinajstić information content (AvgIpc) is 2.26. The first-order valence-corrected chi connectivity index (χ1v) is 5.73. The minimum Gasteiger partial charge on any atom is -0.355 e. The van der Waals surface area contributed by atoms with Crippen LogP contribution in [-0.4, -0.2) is 55.7 Å². The highest BCUT2D eigenvalue weighted by molar-refractivity contribution is 5.82. The predicted molar refractivity (Wildman–Crippen MR) is 57.6 cm³/mol. The highest BCUT2D eigenvalue weighted by Gasteiger charge is 2.33. The van der Waals surface area contributed by atoms with Crippen molar-refractivity contribution < 1.29 is 18.0 Å². The fourth-order valence-corrected chi connectivity index (χ4v) is 1.83. The summed E-state index contributed by atoms with van der Waals surface area (Å²) >= 11 is 0. The van der Waals surface area contributed by atoms with E-state index in [1.54, 1.807) is 11.8 Å². The van der Waals surface area contributed by atoms with Crippen molar-refractivity contribution in [2.45, 2.75) is 25.6 Å². The van der Waals surface area contributed by atoms with E-state index in [2.05, 4.69) is 10.6 Å². The van der Waals surface area contributed by atoms with Gasteiger partial charge in [-0.25, -0.2) is 0 Å². The summed E-state index contributed by atoms with van der Waals surface area (Å²) in [6, 6.07) is -0.494. The molecule has 0 radical (unpaired) electrons. The number of likely N-dealkylation sites (N-methyl/N-ethyl adjacent to an activating group) is 1. The molecule has 2 N–H and O–H groups in total. The van der Waals surface area contributed by atoms with Gasteiger partial charge in [0.25, 0.3) is 0 Å². The van der Waals surface area contributed by atoms with Crippen LogP contribution in [0.15, 0.2) is 0 Å². The molecule has 1 unspecified atom stereocenters. The molecule has 0 bridgehead atoms. The Labute approximate surface area is 98.5 Å². The highest BCUT2D eigenvalue weighted by Crippen LogP contribution is 2.20. The van der Waals surface area contributed by atoms with Gasteiger partial charge in [0.1, 0.15) is 6.04 Å². The lowest BCUT2D eigenvalue weighted by Crippen LogP contribution is -2.58. The molecule has 0 aromatic rings. The van der Waals surface area contributed by atoms with E-state index in [0.29, 0.717) is 26.2 Å². The van der Waals surface area contributed by atoms with Gasteiger partial charge in [0.2, 0.25) is 5.91 Å². The smallest absolute Gasteiger partial charge is 0.355 e. The Morgan fingerprint density at radius 1 is 1.53 bits per heavy atom. The van der Waals surface area contributed by atoms with Crippen LogP contribution in [0.1, 0.15) is 13.3 Å². The number of amides is 1. The second kappa shape index (κ2) is 6.20. The molecule has 1 rings (SSSR count). The molecule has 7 heteroatoms. The van der Waals surface area contributed by atoms with E-state index >= 15 is 0 Å². The molecule has 0 spiro atoms. The van der Waals surface area contributed by atoms with E-state index in [9.17, 15) is 18.0 Å². The molecular weight excluding hydrogens is 235 g/mol. The normalized spacial score (nSPS) is 22.5. The third-order valence-corrected chi connectivity index (χ3v) is 2.69. The minimum atomic E-state index is -4.17. The Hall–Kier alpha value is -0.820. The van der Waals surface area contributed by atoms with E-state index in [0.717, 1.165) is 0 Å². The third kappa shape index (κ3) is 4.91. The zero-order valence-electron chi connectivity index (χ0n) is 9.81. The quantitative estimate of drug-likeness (QED) is 0.760. The predicted octanol–water partition coefficient (Wildman–Crippen LogP) is 0.349. The molecule has 1 atom stereocenters. The van der Waals surface area contributed by atoms with Crippen LogP contribution < -0.4 is 10.6 Å². The van der Waals surface area contributed by atoms with Gasteiger partial charge in [-0.05, 0) is 6.92 Å². The second-order valence-corrected chi connectivity index (χ2v) is 4.02. The number of carbonyl (C=O) groups excluding carboxylic acids is 1. The molecule has 4 nitrogen and oxygen atoms in total. The first-order valence-electron chi connectivity index (χ1n) is 5.73. The zero-order valence-corrected chi connectivity index (χ0v) is 9.81. The standard InChI is InChI=1S/C10H18F3N3O/c1-2-15-9(17)8-7-14-4-6-16(8)5-3-10(11,12)13/h8,14H,2-7H2,1H3,(H,15,17). The van der Waals surface area contributed by atoms with Crippen LogP contribution in [0.5, 0.6) is 0 Å². The second-order valence-electron chi connectivity index (χ2n) is 4.02. The van der Waals surface area contributed by atoms with Crippen LogP contribution in [0.25, 0.3) is 0 Å². The SMILES string of the molecule is CCNC(=O)C1CNCCN1CCC(F)(F)F. The molecule has 17 heavy (non-hydrogen) atoms. The third-order valence-electron chi connectivity index (χ3n) is 2.69. The zero-order chi connectivity index (χ0) is 12.9. The Balaban J connectivity index is 2.50. The molecular formula is C10H18F3N3O. The van der Waals surface area contributed by atoms with Gasteiger partial charge in [0.15, 0.2) is 0 Å². The van der Waals surface area contributed by atoms with E-state index < -0.39 is 18.6 Å². The van der Waals surface area contributed by atoms with Crippen molar-refractivity contribution in [3.63, 3.8) is 0 Å². The Morgan fingerprint density at radius 3 is 2.82 bits per heavy atom. The number of nitrogens with zero attached hydrogens (tertiary/aromatic N) is 1. The summed E-state index contributed by atoms with van der Waals surface area (Å²) in [7, 11) is 0. The van der Waals surface area contributed by atoms with E-state index in [1.165, 1.54) is 0 Å². The van der Waals surface area contributed by atoms with Crippen LogP contribution in [0.3, 0.4) is 0 Å². The van der Waals surface area contributed by atoms with E-state index in [4.69, 9.17) is 0 Å². The van der Waals surface area contributed by atoms with E-state index in [1.807, 2.05) is 0 Å². The van der Waals surface area contributed by atoms with Gasteiger partial charge in [-0.3, -0.25) is 9.69 Å². The van der Waals surface area contributed by atoms with Crippen molar-refractivity contribution in [3.8, 4) is 0 Å². The first kappa shape index (κ1) is 14.2. The van der Waals surface area contributed by atoms with Crippen LogP contribution in [0.2, 0.25) is 0 Å². The number of halogens is 3. The molecule has 1 saturated heterocycles. The maximum Gasteiger partial charge on any atom is 0.390 e.